The van der Waals surface area contributed by atoms with Crippen LogP contribution < -0.4 is 15.0 Å². The highest BCUT2D eigenvalue weighted by Crippen LogP contribution is 2.24. The number of ether oxygens (including phenoxy) is 1. The van der Waals surface area contributed by atoms with Gasteiger partial charge in [-0.25, -0.2) is 9.97 Å². The van der Waals surface area contributed by atoms with Crippen LogP contribution in [-0.4, -0.2) is 45.6 Å². The van der Waals surface area contributed by atoms with Gasteiger partial charge < -0.3 is 9.64 Å². The van der Waals surface area contributed by atoms with Gasteiger partial charge in [-0.05, 0) is 44.0 Å². The highest BCUT2D eigenvalue weighted by molar-refractivity contribution is 8.15. The maximum atomic E-state index is 11.6. The van der Waals surface area contributed by atoms with Crippen molar-refractivity contribution >= 4 is 28.9 Å². The third-order valence-electron chi connectivity index (χ3n) is 4.14. The number of amides is 2. The number of carbonyl (C=O) groups excluding carboxylic acids is 2. The SMILES string of the molecule is CC.CC.CC(C)N(CCOc1ccc(CC2SC(=O)NC2=O)cc1)c1ncccn1. The van der Waals surface area contributed by atoms with Gasteiger partial charge in [0.25, 0.3) is 5.24 Å². The van der Waals surface area contributed by atoms with Crippen LogP contribution in [0.2, 0.25) is 0 Å². The standard InChI is InChI=1S/C19H22N4O3S.2C2H6/c1-13(2)23(18-20-8-3-9-21-18)10-11-26-15-6-4-14(5-7-15)12-16-17(24)22-19(25)27-16;2*1-2/h3-9,13,16H,10-12H2,1-2H3,(H,22,24,25);2*1-2H3. The number of thioether (sulfide) groups is 1. The van der Waals surface area contributed by atoms with E-state index in [4.69, 9.17) is 4.74 Å². The van der Waals surface area contributed by atoms with Crippen LogP contribution in [0.3, 0.4) is 0 Å². The fourth-order valence-corrected chi connectivity index (χ4v) is 3.61. The largest absolute Gasteiger partial charge is 0.492 e. The molecule has 2 amide bonds. The van der Waals surface area contributed by atoms with E-state index in [0.29, 0.717) is 25.5 Å². The van der Waals surface area contributed by atoms with Gasteiger partial charge in [0.05, 0.1) is 11.8 Å². The Hall–Kier alpha value is -2.61. The van der Waals surface area contributed by atoms with E-state index >= 15 is 0 Å². The molecular weight excluding hydrogens is 412 g/mol. The van der Waals surface area contributed by atoms with Gasteiger partial charge in [-0.3, -0.25) is 14.9 Å². The number of aromatic nitrogens is 2. The topological polar surface area (TPSA) is 84.4 Å². The number of hydrogen-bond acceptors (Lipinski definition) is 7. The fraction of sp³-hybridized carbons (Fsp3) is 0.478. The summed E-state index contributed by atoms with van der Waals surface area (Å²) >= 11 is 1.04. The average Bonchev–Trinajstić information content (AvgIpc) is 3.12. The van der Waals surface area contributed by atoms with Crippen LogP contribution in [0.1, 0.15) is 47.1 Å². The number of carbonyl (C=O) groups is 2. The third-order valence-corrected chi connectivity index (χ3v) is 5.13. The number of nitrogens with one attached hydrogen (secondary N) is 1. The van der Waals surface area contributed by atoms with E-state index in [1.165, 1.54) is 0 Å². The molecule has 3 rings (SSSR count). The maximum Gasteiger partial charge on any atom is 0.286 e. The number of nitrogens with zero attached hydrogens (tertiary/aromatic N) is 3. The molecule has 1 aromatic heterocycles. The highest BCUT2D eigenvalue weighted by Gasteiger charge is 2.31. The predicted molar refractivity (Wildman–Crippen MR) is 128 cm³/mol. The second kappa shape index (κ2) is 14.4. The Morgan fingerprint density at radius 1 is 1.06 bits per heavy atom. The van der Waals surface area contributed by atoms with Crippen LogP contribution in [0, 0.1) is 0 Å². The van der Waals surface area contributed by atoms with Crippen molar-refractivity contribution in [2.24, 2.45) is 0 Å². The van der Waals surface area contributed by atoms with Crippen LogP contribution in [0.4, 0.5) is 10.7 Å². The fourth-order valence-electron chi connectivity index (χ4n) is 2.75. The van der Waals surface area contributed by atoms with Crippen molar-refractivity contribution in [2.45, 2.75) is 59.3 Å². The lowest BCUT2D eigenvalue weighted by molar-refractivity contribution is -0.118. The molecule has 0 radical (unpaired) electrons. The molecule has 2 aromatic rings. The van der Waals surface area contributed by atoms with Crippen molar-refractivity contribution in [3.8, 4) is 5.75 Å². The molecule has 0 bridgehead atoms. The lowest BCUT2D eigenvalue weighted by Gasteiger charge is -2.26. The zero-order valence-electron chi connectivity index (χ0n) is 19.3. The first-order valence-electron chi connectivity index (χ1n) is 10.8. The molecule has 8 heteroatoms. The molecule has 2 heterocycles. The van der Waals surface area contributed by atoms with Crippen molar-refractivity contribution in [3.63, 3.8) is 0 Å². The Labute approximate surface area is 190 Å². The Morgan fingerprint density at radius 3 is 2.19 bits per heavy atom. The molecule has 31 heavy (non-hydrogen) atoms. The van der Waals surface area contributed by atoms with E-state index in [9.17, 15) is 9.59 Å². The number of imide groups is 1. The molecule has 0 saturated carbocycles. The normalized spacial score (nSPS) is 14.7. The van der Waals surface area contributed by atoms with Crippen LogP contribution in [0.25, 0.3) is 0 Å². The van der Waals surface area contributed by atoms with Crippen LogP contribution in [0.15, 0.2) is 42.7 Å². The summed E-state index contributed by atoms with van der Waals surface area (Å²) in [4.78, 5) is 33.6. The van der Waals surface area contributed by atoms with E-state index in [0.717, 1.165) is 23.1 Å². The van der Waals surface area contributed by atoms with Crippen molar-refractivity contribution in [2.75, 3.05) is 18.1 Å². The second-order valence-electron chi connectivity index (χ2n) is 6.42. The molecule has 1 aromatic carbocycles. The molecule has 1 N–H and O–H groups in total. The van der Waals surface area contributed by atoms with Gasteiger partial charge in [-0.1, -0.05) is 51.6 Å². The number of hydrogen-bond donors (Lipinski definition) is 1. The first-order chi connectivity index (χ1) is 15.0. The Balaban J connectivity index is 0.00000113. The highest BCUT2D eigenvalue weighted by atomic mass is 32.2. The quantitative estimate of drug-likeness (QED) is 0.628. The maximum absolute atomic E-state index is 11.6. The van der Waals surface area contributed by atoms with Gasteiger partial charge in [0, 0.05) is 18.4 Å². The number of benzene rings is 1. The van der Waals surface area contributed by atoms with Gasteiger partial charge in [-0.2, -0.15) is 0 Å². The Kier molecular flexibility index (Phi) is 12.3. The molecule has 7 nitrogen and oxygen atoms in total. The van der Waals surface area contributed by atoms with Crippen LogP contribution in [-0.2, 0) is 11.2 Å². The molecule has 1 aliphatic heterocycles. The third kappa shape index (κ3) is 8.57. The molecule has 1 aliphatic rings. The van der Waals surface area contributed by atoms with Gasteiger partial charge in [0.1, 0.15) is 12.4 Å². The number of rotatable bonds is 8. The predicted octanol–water partition coefficient (Wildman–Crippen LogP) is 4.72. The molecule has 1 unspecified atom stereocenters. The van der Waals surface area contributed by atoms with Gasteiger partial charge in [0.2, 0.25) is 11.9 Å². The van der Waals surface area contributed by atoms with E-state index in [2.05, 4.69) is 34.0 Å². The first kappa shape index (κ1) is 26.4. The Morgan fingerprint density at radius 2 is 1.68 bits per heavy atom. The molecule has 0 aliphatic carbocycles. The first-order valence-corrected chi connectivity index (χ1v) is 11.7. The van der Waals surface area contributed by atoms with E-state index in [1.807, 2.05) is 52.0 Å². The zero-order valence-corrected chi connectivity index (χ0v) is 20.1. The summed E-state index contributed by atoms with van der Waals surface area (Å²) in [7, 11) is 0. The summed E-state index contributed by atoms with van der Waals surface area (Å²) in [5.74, 6) is 1.23. The van der Waals surface area contributed by atoms with Crippen LogP contribution in [0.5, 0.6) is 5.75 Å². The minimum absolute atomic E-state index is 0.220. The monoisotopic (exact) mass is 446 g/mol. The van der Waals surface area contributed by atoms with Gasteiger partial charge >= 0.3 is 0 Å². The summed E-state index contributed by atoms with van der Waals surface area (Å²) in [6.07, 6.45) is 3.98. The molecular formula is C23H34N4O3S. The number of anilines is 1. The molecule has 1 atom stereocenters. The Bertz CT molecular complexity index is 785. The molecule has 1 saturated heterocycles. The van der Waals surface area contributed by atoms with E-state index in [-0.39, 0.29) is 22.4 Å². The summed E-state index contributed by atoms with van der Waals surface area (Å²) in [6.45, 7) is 13.4. The summed E-state index contributed by atoms with van der Waals surface area (Å²) in [5.41, 5.74) is 0.992. The minimum atomic E-state index is -0.352. The molecule has 1 fully saturated rings. The summed E-state index contributed by atoms with van der Waals surface area (Å²) in [6, 6.07) is 9.67. The zero-order chi connectivity index (χ0) is 23.2. The minimum Gasteiger partial charge on any atom is -0.492 e. The molecule has 170 valence electrons. The average molecular weight is 447 g/mol. The van der Waals surface area contributed by atoms with Crippen LogP contribution >= 0.6 is 11.8 Å². The lowest BCUT2D eigenvalue weighted by atomic mass is 10.1. The molecule has 0 spiro atoms. The van der Waals surface area contributed by atoms with E-state index in [1.54, 1.807) is 18.5 Å². The van der Waals surface area contributed by atoms with Crippen molar-refractivity contribution in [1.82, 2.24) is 15.3 Å². The van der Waals surface area contributed by atoms with Crippen molar-refractivity contribution in [1.29, 1.82) is 0 Å². The van der Waals surface area contributed by atoms with Crippen molar-refractivity contribution in [3.05, 3.63) is 48.3 Å². The summed E-state index contributed by atoms with van der Waals surface area (Å²) < 4.78 is 5.84. The van der Waals surface area contributed by atoms with Crippen molar-refractivity contribution < 1.29 is 14.3 Å². The van der Waals surface area contributed by atoms with Gasteiger partial charge in [-0.15, -0.1) is 0 Å². The summed E-state index contributed by atoms with van der Waals surface area (Å²) in [5, 5.41) is 1.68. The van der Waals surface area contributed by atoms with E-state index < -0.39 is 0 Å². The smallest absolute Gasteiger partial charge is 0.286 e. The lowest BCUT2D eigenvalue weighted by Crippen LogP contribution is -2.35. The second-order valence-corrected chi connectivity index (χ2v) is 7.59. The van der Waals surface area contributed by atoms with Gasteiger partial charge in [0.15, 0.2) is 0 Å².